The van der Waals surface area contributed by atoms with Crippen molar-refractivity contribution in [3.8, 4) is 11.3 Å². The highest BCUT2D eigenvalue weighted by atomic mass is 32.1. The highest BCUT2D eigenvalue weighted by Gasteiger charge is 2.13. The third-order valence-corrected chi connectivity index (χ3v) is 4.80. The topological polar surface area (TPSA) is 86.2 Å². The number of thiophene rings is 1. The molecule has 4 rings (SSSR count). The van der Waals surface area contributed by atoms with Crippen molar-refractivity contribution in [1.82, 2.24) is 15.5 Å². The van der Waals surface area contributed by atoms with Crippen LogP contribution in [0.2, 0.25) is 0 Å². The summed E-state index contributed by atoms with van der Waals surface area (Å²) < 4.78 is 11.2. The standard InChI is InChI=1S/C19H18N4O2S/c20-19-16(4-1-7-21-19)17-10-14(23-25-17)9-13-5-6-18(22-11-13)24-12-15-3-2-8-26-15/h1-8,10-11,18,22H,9,12H2,(H2,20,21). The summed E-state index contributed by atoms with van der Waals surface area (Å²) in [4.78, 5) is 5.28. The number of dihydropyridines is 1. The van der Waals surface area contributed by atoms with Crippen LogP contribution in [0.1, 0.15) is 10.6 Å². The van der Waals surface area contributed by atoms with E-state index in [1.165, 1.54) is 4.88 Å². The monoisotopic (exact) mass is 366 g/mol. The van der Waals surface area contributed by atoms with Crippen LogP contribution in [0.15, 0.2) is 70.4 Å². The fourth-order valence-electron chi connectivity index (χ4n) is 2.64. The second-order valence-electron chi connectivity index (χ2n) is 5.85. The Kier molecular flexibility index (Phi) is 4.81. The lowest BCUT2D eigenvalue weighted by atomic mass is 10.1. The number of rotatable bonds is 6. The Labute approximate surface area is 155 Å². The van der Waals surface area contributed by atoms with E-state index in [1.807, 2.05) is 48.0 Å². The SMILES string of the molecule is Nc1ncccc1-c1cc(CC2=CNC(OCc3cccs3)C=C2)no1. The minimum Gasteiger partial charge on any atom is -0.383 e. The molecule has 132 valence electrons. The molecule has 0 spiro atoms. The van der Waals surface area contributed by atoms with Gasteiger partial charge in [0.15, 0.2) is 5.76 Å². The Bertz CT molecular complexity index is 931. The molecule has 7 heteroatoms. The summed E-state index contributed by atoms with van der Waals surface area (Å²) in [5.41, 5.74) is 8.56. The highest BCUT2D eigenvalue weighted by molar-refractivity contribution is 7.09. The zero-order valence-electron chi connectivity index (χ0n) is 14.0. The van der Waals surface area contributed by atoms with Crippen LogP contribution in [0, 0.1) is 0 Å². The Morgan fingerprint density at radius 2 is 2.27 bits per heavy atom. The first-order chi connectivity index (χ1) is 12.8. The molecule has 1 aliphatic rings. The molecule has 1 unspecified atom stereocenters. The number of nitrogens with zero attached hydrogens (tertiary/aromatic N) is 2. The lowest BCUT2D eigenvalue weighted by molar-refractivity contribution is 0.0594. The van der Waals surface area contributed by atoms with Crippen LogP contribution in [-0.2, 0) is 17.8 Å². The van der Waals surface area contributed by atoms with E-state index in [9.17, 15) is 0 Å². The van der Waals surface area contributed by atoms with Gasteiger partial charge in [0.2, 0.25) is 0 Å². The van der Waals surface area contributed by atoms with Crippen molar-refractivity contribution in [1.29, 1.82) is 0 Å². The molecular formula is C19H18N4O2S. The van der Waals surface area contributed by atoms with Crippen molar-refractivity contribution in [2.75, 3.05) is 5.73 Å². The van der Waals surface area contributed by atoms with Crippen LogP contribution in [0.4, 0.5) is 5.82 Å². The van der Waals surface area contributed by atoms with Gasteiger partial charge in [0, 0.05) is 29.8 Å². The van der Waals surface area contributed by atoms with Crippen LogP contribution in [0.25, 0.3) is 11.3 Å². The van der Waals surface area contributed by atoms with E-state index in [1.54, 1.807) is 17.5 Å². The van der Waals surface area contributed by atoms with Crippen molar-refractivity contribution in [3.63, 3.8) is 0 Å². The molecular weight excluding hydrogens is 348 g/mol. The maximum Gasteiger partial charge on any atom is 0.170 e. The molecule has 0 saturated heterocycles. The summed E-state index contributed by atoms with van der Waals surface area (Å²) in [5, 5.41) is 9.42. The second kappa shape index (κ2) is 7.55. The number of nitrogens with two attached hydrogens (primary N) is 1. The molecule has 1 aliphatic heterocycles. The van der Waals surface area contributed by atoms with Crippen molar-refractivity contribution >= 4 is 17.2 Å². The van der Waals surface area contributed by atoms with Gasteiger partial charge in [0.25, 0.3) is 0 Å². The molecule has 0 aliphatic carbocycles. The normalized spacial score (nSPS) is 16.3. The van der Waals surface area contributed by atoms with Crippen molar-refractivity contribution in [3.05, 3.63) is 76.4 Å². The summed E-state index contributed by atoms with van der Waals surface area (Å²) in [6.07, 6.45) is 8.18. The van der Waals surface area contributed by atoms with E-state index < -0.39 is 0 Å². The first-order valence-electron chi connectivity index (χ1n) is 8.22. The summed E-state index contributed by atoms with van der Waals surface area (Å²) >= 11 is 1.69. The third-order valence-electron chi connectivity index (χ3n) is 3.95. The van der Waals surface area contributed by atoms with Crippen LogP contribution >= 0.6 is 11.3 Å². The number of nitrogens with one attached hydrogen (secondary N) is 1. The minimum atomic E-state index is -0.121. The van der Waals surface area contributed by atoms with Crippen LogP contribution < -0.4 is 11.1 Å². The van der Waals surface area contributed by atoms with E-state index >= 15 is 0 Å². The lowest BCUT2D eigenvalue weighted by Crippen LogP contribution is -2.27. The number of aromatic nitrogens is 2. The van der Waals surface area contributed by atoms with Gasteiger partial charge < -0.3 is 20.3 Å². The molecule has 0 fully saturated rings. The van der Waals surface area contributed by atoms with Gasteiger partial charge in [-0.2, -0.15) is 0 Å². The first-order valence-corrected chi connectivity index (χ1v) is 9.09. The largest absolute Gasteiger partial charge is 0.383 e. The maximum atomic E-state index is 5.88. The van der Waals surface area contributed by atoms with E-state index in [0.717, 1.165) is 16.8 Å². The van der Waals surface area contributed by atoms with Crippen LogP contribution in [0.3, 0.4) is 0 Å². The summed E-state index contributed by atoms with van der Waals surface area (Å²) in [7, 11) is 0. The summed E-state index contributed by atoms with van der Waals surface area (Å²) in [6.45, 7) is 0.599. The molecule has 1 atom stereocenters. The number of nitrogen functional groups attached to an aromatic ring is 1. The van der Waals surface area contributed by atoms with Gasteiger partial charge in [0.1, 0.15) is 12.0 Å². The van der Waals surface area contributed by atoms with E-state index in [-0.39, 0.29) is 6.23 Å². The molecule has 3 N–H and O–H groups in total. The molecule has 0 radical (unpaired) electrons. The molecule has 0 saturated carbocycles. The zero-order valence-corrected chi connectivity index (χ0v) is 14.8. The van der Waals surface area contributed by atoms with E-state index in [4.69, 9.17) is 15.0 Å². The van der Waals surface area contributed by atoms with Gasteiger partial charge >= 0.3 is 0 Å². The highest BCUT2D eigenvalue weighted by Crippen LogP contribution is 2.25. The molecule has 3 aromatic heterocycles. The second-order valence-corrected chi connectivity index (χ2v) is 6.88. The van der Waals surface area contributed by atoms with E-state index in [0.29, 0.717) is 24.6 Å². The molecule has 6 nitrogen and oxygen atoms in total. The Morgan fingerprint density at radius 3 is 3.04 bits per heavy atom. The van der Waals surface area contributed by atoms with Crippen molar-refractivity contribution in [2.24, 2.45) is 0 Å². The quantitative estimate of drug-likeness (QED) is 0.694. The average molecular weight is 366 g/mol. The third kappa shape index (κ3) is 3.84. The smallest absolute Gasteiger partial charge is 0.170 e. The predicted octanol–water partition coefficient (Wildman–Crippen LogP) is 3.51. The molecule has 26 heavy (non-hydrogen) atoms. The minimum absolute atomic E-state index is 0.121. The Morgan fingerprint density at radius 1 is 1.31 bits per heavy atom. The number of hydrogen-bond donors (Lipinski definition) is 2. The van der Waals surface area contributed by atoms with Gasteiger partial charge in [0.05, 0.1) is 17.9 Å². The Hall–Kier alpha value is -2.90. The number of pyridine rings is 1. The fraction of sp³-hybridized carbons (Fsp3) is 0.158. The van der Waals surface area contributed by atoms with Gasteiger partial charge in [-0.15, -0.1) is 11.3 Å². The maximum absolute atomic E-state index is 5.88. The van der Waals surface area contributed by atoms with Crippen LogP contribution in [0.5, 0.6) is 0 Å². The van der Waals surface area contributed by atoms with Gasteiger partial charge in [-0.1, -0.05) is 17.3 Å². The summed E-state index contributed by atoms with van der Waals surface area (Å²) in [5.74, 6) is 1.05. The number of allylic oxidation sites excluding steroid dienone is 2. The Balaban J connectivity index is 1.34. The van der Waals surface area contributed by atoms with Gasteiger partial charge in [-0.25, -0.2) is 4.98 Å². The number of anilines is 1. The molecule has 0 aromatic carbocycles. The zero-order chi connectivity index (χ0) is 17.8. The summed E-state index contributed by atoms with van der Waals surface area (Å²) in [6, 6.07) is 9.66. The van der Waals surface area contributed by atoms with Gasteiger partial charge in [-0.3, -0.25) is 0 Å². The molecule has 0 amide bonds. The van der Waals surface area contributed by atoms with Gasteiger partial charge in [-0.05, 0) is 35.2 Å². The van der Waals surface area contributed by atoms with Crippen molar-refractivity contribution < 1.29 is 9.26 Å². The predicted molar refractivity (Wildman–Crippen MR) is 101 cm³/mol. The number of ether oxygens (including phenoxy) is 1. The van der Waals surface area contributed by atoms with Crippen molar-refractivity contribution in [2.45, 2.75) is 19.3 Å². The average Bonchev–Trinajstić information content (AvgIpc) is 3.34. The molecule has 4 heterocycles. The van der Waals surface area contributed by atoms with Crippen LogP contribution in [-0.4, -0.2) is 16.4 Å². The van der Waals surface area contributed by atoms with E-state index in [2.05, 4.69) is 21.5 Å². The molecule has 3 aromatic rings. The number of hydrogen-bond acceptors (Lipinski definition) is 7. The molecule has 0 bridgehead atoms. The lowest BCUT2D eigenvalue weighted by Gasteiger charge is -2.18. The fourth-order valence-corrected chi connectivity index (χ4v) is 3.27. The first kappa shape index (κ1) is 16.6.